The molecule has 1 aromatic heterocycles. The molecule has 16 heavy (non-hydrogen) atoms. The number of hydrogen-bond acceptors (Lipinski definition) is 2. The van der Waals surface area contributed by atoms with E-state index in [1.54, 1.807) is 0 Å². The van der Waals surface area contributed by atoms with Crippen LogP contribution in [0.4, 0.5) is 0 Å². The second-order valence-electron chi connectivity index (χ2n) is 3.65. The average Bonchev–Trinajstić information content (AvgIpc) is 2.58. The van der Waals surface area contributed by atoms with Crippen LogP contribution in [0.1, 0.15) is 11.4 Å². The summed E-state index contributed by atoms with van der Waals surface area (Å²) in [6.45, 7) is 2.07. The molecular weight excluding hydrogens is 334 g/mol. The van der Waals surface area contributed by atoms with Gasteiger partial charge in [-0.05, 0) is 30.7 Å². The molecule has 0 spiro atoms. The summed E-state index contributed by atoms with van der Waals surface area (Å²) in [6.07, 6.45) is 0. The van der Waals surface area contributed by atoms with E-state index in [4.69, 9.17) is 0 Å². The van der Waals surface area contributed by atoms with E-state index in [0.717, 1.165) is 21.7 Å². The number of benzene rings is 1. The van der Waals surface area contributed by atoms with Crippen molar-refractivity contribution < 1.29 is 0 Å². The lowest BCUT2D eigenvalue weighted by Crippen LogP contribution is -1.97. The van der Waals surface area contributed by atoms with Gasteiger partial charge in [-0.25, -0.2) is 0 Å². The lowest BCUT2D eigenvalue weighted by molar-refractivity contribution is 0.858. The number of hydrogen-bond donors (Lipinski definition) is 0. The Morgan fingerprint density at radius 1 is 1.25 bits per heavy atom. The summed E-state index contributed by atoms with van der Waals surface area (Å²) in [6, 6.07) is 6.23. The molecule has 0 atom stereocenters. The van der Waals surface area contributed by atoms with Crippen molar-refractivity contribution in [3.63, 3.8) is 0 Å². The molecule has 0 unspecified atom stereocenters. The summed E-state index contributed by atoms with van der Waals surface area (Å²) in [5.74, 6) is 1.81. The van der Waals surface area contributed by atoms with E-state index in [-0.39, 0.29) is 0 Å². The van der Waals surface area contributed by atoms with E-state index >= 15 is 0 Å². The summed E-state index contributed by atoms with van der Waals surface area (Å²) in [4.78, 5) is 0. The summed E-state index contributed by atoms with van der Waals surface area (Å²) < 4.78 is 3.06. The smallest absolute Gasteiger partial charge is 0.163 e. The molecule has 1 aromatic carbocycles. The van der Waals surface area contributed by atoms with Gasteiger partial charge in [-0.15, -0.1) is 10.2 Å². The first-order valence-electron chi connectivity index (χ1n) is 4.83. The zero-order valence-electron chi connectivity index (χ0n) is 9.04. The van der Waals surface area contributed by atoms with Crippen LogP contribution in [0, 0.1) is 6.92 Å². The molecule has 0 bridgehead atoms. The van der Waals surface area contributed by atoms with E-state index in [0.29, 0.717) is 5.33 Å². The summed E-state index contributed by atoms with van der Waals surface area (Å²) >= 11 is 6.88. The molecule has 0 saturated heterocycles. The van der Waals surface area contributed by atoms with Gasteiger partial charge in [-0.2, -0.15) is 0 Å². The second-order valence-corrected chi connectivity index (χ2v) is 5.13. The molecule has 84 valence electrons. The molecule has 5 heteroatoms. The predicted molar refractivity (Wildman–Crippen MR) is 71.5 cm³/mol. The Bertz CT molecular complexity index is 500. The Kier molecular flexibility index (Phi) is 3.44. The fourth-order valence-electron chi connectivity index (χ4n) is 1.59. The third kappa shape index (κ3) is 2.20. The van der Waals surface area contributed by atoms with Crippen LogP contribution in [0.25, 0.3) is 11.4 Å². The first kappa shape index (κ1) is 11.8. The van der Waals surface area contributed by atoms with Crippen LogP contribution in [0.5, 0.6) is 0 Å². The summed E-state index contributed by atoms with van der Waals surface area (Å²) in [7, 11) is 1.97. The Morgan fingerprint density at radius 3 is 2.56 bits per heavy atom. The molecule has 0 aliphatic heterocycles. The van der Waals surface area contributed by atoms with Crippen molar-refractivity contribution >= 4 is 31.9 Å². The normalized spacial score (nSPS) is 10.8. The van der Waals surface area contributed by atoms with E-state index < -0.39 is 0 Å². The zero-order valence-corrected chi connectivity index (χ0v) is 12.2. The maximum atomic E-state index is 4.20. The first-order valence-corrected chi connectivity index (χ1v) is 6.75. The van der Waals surface area contributed by atoms with Gasteiger partial charge in [0, 0.05) is 17.1 Å². The lowest BCUT2D eigenvalue weighted by atomic mass is 10.1. The van der Waals surface area contributed by atoms with Gasteiger partial charge in [-0.3, -0.25) is 0 Å². The highest BCUT2D eigenvalue weighted by atomic mass is 79.9. The fourth-order valence-corrected chi connectivity index (χ4v) is 2.69. The largest absolute Gasteiger partial charge is 0.313 e. The maximum absolute atomic E-state index is 4.20. The van der Waals surface area contributed by atoms with Gasteiger partial charge >= 0.3 is 0 Å². The highest BCUT2D eigenvalue weighted by Crippen LogP contribution is 2.24. The topological polar surface area (TPSA) is 30.7 Å². The van der Waals surface area contributed by atoms with Crippen molar-refractivity contribution in [3.8, 4) is 11.4 Å². The number of halogens is 2. The van der Waals surface area contributed by atoms with Crippen LogP contribution in [-0.2, 0) is 12.4 Å². The monoisotopic (exact) mass is 343 g/mol. The van der Waals surface area contributed by atoms with E-state index in [9.17, 15) is 0 Å². The number of nitrogens with zero attached hydrogens (tertiary/aromatic N) is 3. The SMILES string of the molecule is Cc1cc(Br)cc(-c2nnc(CBr)n2C)c1. The van der Waals surface area contributed by atoms with E-state index in [1.807, 2.05) is 11.6 Å². The third-order valence-electron chi connectivity index (χ3n) is 2.38. The molecule has 3 nitrogen and oxygen atoms in total. The van der Waals surface area contributed by atoms with E-state index in [2.05, 4.69) is 67.2 Å². The summed E-state index contributed by atoms with van der Waals surface area (Å²) in [5.41, 5.74) is 2.28. The molecule has 0 radical (unpaired) electrons. The summed E-state index contributed by atoms with van der Waals surface area (Å²) in [5, 5.41) is 9.03. The number of alkyl halides is 1. The Morgan fingerprint density at radius 2 is 2.00 bits per heavy atom. The number of rotatable bonds is 2. The van der Waals surface area contributed by atoms with Gasteiger partial charge in [0.15, 0.2) is 5.82 Å². The molecule has 0 aliphatic carbocycles. The minimum Gasteiger partial charge on any atom is -0.313 e. The molecule has 0 aliphatic rings. The molecule has 2 rings (SSSR count). The van der Waals surface area contributed by atoms with Crippen LogP contribution in [0.2, 0.25) is 0 Å². The maximum Gasteiger partial charge on any atom is 0.163 e. The minimum absolute atomic E-state index is 0.712. The van der Waals surface area contributed by atoms with Crippen LogP contribution in [0.3, 0.4) is 0 Å². The highest BCUT2D eigenvalue weighted by molar-refractivity contribution is 9.10. The van der Waals surface area contributed by atoms with Crippen molar-refractivity contribution in [1.82, 2.24) is 14.8 Å². The molecule has 0 N–H and O–H groups in total. The molecule has 0 saturated carbocycles. The third-order valence-corrected chi connectivity index (χ3v) is 3.34. The quantitative estimate of drug-likeness (QED) is 0.781. The van der Waals surface area contributed by atoms with Gasteiger partial charge in [0.25, 0.3) is 0 Å². The fraction of sp³-hybridized carbons (Fsp3) is 0.273. The van der Waals surface area contributed by atoms with E-state index in [1.165, 1.54) is 5.56 Å². The van der Waals surface area contributed by atoms with Gasteiger partial charge in [0.1, 0.15) is 5.82 Å². The second kappa shape index (κ2) is 4.67. The number of aromatic nitrogens is 3. The Balaban J connectivity index is 2.54. The zero-order chi connectivity index (χ0) is 11.7. The van der Waals surface area contributed by atoms with Gasteiger partial charge in [-0.1, -0.05) is 31.9 Å². The molecule has 2 aromatic rings. The molecule has 0 fully saturated rings. The Hall–Kier alpha value is -0.680. The van der Waals surface area contributed by atoms with Crippen LogP contribution < -0.4 is 0 Å². The molecule has 1 heterocycles. The lowest BCUT2D eigenvalue weighted by Gasteiger charge is -2.04. The van der Waals surface area contributed by atoms with Gasteiger partial charge in [0.2, 0.25) is 0 Å². The van der Waals surface area contributed by atoms with Crippen LogP contribution >= 0.6 is 31.9 Å². The Labute approximate surface area is 111 Å². The van der Waals surface area contributed by atoms with Crippen LogP contribution in [-0.4, -0.2) is 14.8 Å². The average molecular weight is 345 g/mol. The minimum atomic E-state index is 0.712. The van der Waals surface area contributed by atoms with Gasteiger partial charge < -0.3 is 4.57 Å². The first-order chi connectivity index (χ1) is 7.61. The van der Waals surface area contributed by atoms with Crippen molar-refractivity contribution in [2.75, 3.05) is 0 Å². The van der Waals surface area contributed by atoms with Crippen molar-refractivity contribution in [2.45, 2.75) is 12.3 Å². The molecule has 0 amide bonds. The predicted octanol–water partition coefficient (Wildman–Crippen LogP) is 3.45. The van der Waals surface area contributed by atoms with Crippen LogP contribution in [0.15, 0.2) is 22.7 Å². The highest BCUT2D eigenvalue weighted by Gasteiger charge is 2.10. The standard InChI is InChI=1S/C11H11Br2N3/c1-7-3-8(5-9(13)4-7)11-15-14-10(6-12)16(11)2/h3-5H,6H2,1-2H3. The van der Waals surface area contributed by atoms with Crippen molar-refractivity contribution in [1.29, 1.82) is 0 Å². The molecular formula is C11H11Br2N3. The van der Waals surface area contributed by atoms with Crippen molar-refractivity contribution in [3.05, 3.63) is 34.1 Å². The van der Waals surface area contributed by atoms with Crippen molar-refractivity contribution in [2.24, 2.45) is 7.05 Å². The number of aryl methyl sites for hydroxylation is 1. The van der Waals surface area contributed by atoms with Gasteiger partial charge in [0.05, 0.1) is 5.33 Å².